The molecule has 1 aliphatic heterocycles. The molecule has 188 valence electrons. The molecule has 0 saturated heterocycles. The van der Waals surface area contributed by atoms with Crippen molar-refractivity contribution in [1.82, 2.24) is 10.2 Å². The van der Waals surface area contributed by atoms with E-state index in [4.69, 9.17) is 14.2 Å². The van der Waals surface area contributed by atoms with Gasteiger partial charge in [-0.25, -0.2) is 4.99 Å². The van der Waals surface area contributed by atoms with E-state index in [9.17, 15) is 18.0 Å². The van der Waals surface area contributed by atoms with Crippen molar-refractivity contribution < 1.29 is 32.2 Å². The average molecular weight is 499 g/mol. The fraction of sp³-hybridized carbons (Fsp3) is 0.269. The highest BCUT2D eigenvalue weighted by Gasteiger charge is 2.34. The number of nitrogens with zero attached hydrogens (tertiary/aromatic N) is 2. The van der Waals surface area contributed by atoms with Crippen molar-refractivity contribution in [1.29, 1.82) is 0 Å². The Hall–Kier alpha value is -4.08. The molecule has 1 aromatic heterocycles. The van der Waals surface area contributed by atoms with Gasteiger partial charge < -0.3 is 14.2 Å². The molecular formula is C26H24F3N3O4. The molecule has 7 nitrogen and oxygen atoms in total. The van der Waals surface area contributed by atoms with Gasteiger partial charge in [0.25, 0.3) is 0 Å². The first-order valence-corrected chi connectivity index (χ1v) is 11.3. The number of ether oxygens (including phenoxy) is 3. The highest BCUT2D eigenvalue weighted by atomic mass is 19.4. The zero-order valence-corrected chi connectivity index (χ0v) is 19.5. The molecule has 0 fully saturated rings. The molecule has 0 radical (unpaired) electrons. The summed E-state index contributed by atoms with van der Waals surface area (Å²) in [5, 5.41) is 6.89. The Labute approximate surface area is 205 Å². The van der Waals surface area contributed by atoms with Crippen LogP contribution >= 0.6 is 0 Å². The Morgan fingerprint density at radius 2 is 2.00 bits per heavy atom. The number of aromatic nitrogens is 2. The summed E-state index contributed by atoms with van der Waals surface area (Å²) in [6.45, 7) is 5.37. The third kappa shape index (κ3) is 5.59. The van der Waals surface area contributed by atoms with Gasteiger partial charge in [-0.05, 0) is 42.3 Å². The lowest BCUT2D eigenvalue weighted by Crippen LogP contribution is -2.12. The van der Waals surface area contributed by atoms with E-state index in [1.165, 1.54) is 18.3 Å². The SMILES string of the molecule is C=COc1ccc(C(F)(F)F)c(COc2ccc(C3CC(=O)N=Cc4[nH]ncc43)cc2OCCC)c1. The van der Waals surface area contributed by atoms with Crippen LogP contribution in [0.1, 0.15) is 53.6 Å². The Kier molecular flexibility index (Phi) is 7.42. The quantitative estimate of drug-likeness (QED) is 0.376. The normalized spacial score (nSPS) is 15.2. The smallest absolute Gasteiger partial charge is 0.416 e. The number of halogens is 3. The van der Waals surface area contributed by atoms with Crippen LogP contribution in [0.15, 0.2) is 60.4 Å². The molecule has 0 bridgehead atoms. The predicted octanol–water partition coefficient (Wildman–Crippen LogP) is 5.80. The van der Waals surface area contributed by atoms with E-state index >= 15 is 0 Å². The van der Waals surface area contributed by atoms with E-state index in [1.54, 1.807) is 24.4 Å². The van der Waals surface area contributed by atoms with Gasteiger partial charge in [-0.1, -0.05) is 19.6 Å². The van der Waals surface area contributed by atoms with Crippen LogP contribution in [0.3, 0.4) is 0 Å². The zero-order chi connectivity index (χ0) is 25.7. The molecule has 4 rings (SSSR count). The Balaban J connectivity index is 1.65. The Bertz CT molecular complexity index is 1280. The summed E-state index contributed by atoms with van der Waals surface area (Å²) >= 11 is 0. The van der Waals surface area contributed by atoms with Crippen molar-refractivity contribution in [2.75, 3.05) is 6.61 Å². The summed E-state index contributed by atoms with van der Waals surface area (Å²) in [5.74, 6) is 0.257. The van der Waals surface area contributed by atoms with Crippen LogP contribution in [-0.4, -0.2) is 28.9 Å². The standard InChI is InChI=1S/C26H24F3N3O4/c1-3-9-35-24-11-16(19-12-25(33)30-14-22-20(19)13-31-32-22)5-8-23(24)36-15-17-10-18(34-4-2)6-7-21(17)26(27,28)29/h4-8,10-11,13-14,19H,2-3,9,12,15H2,1H3,(H,31,32). The summed E-state index contributed by atoms with van der Waals surface area (Å²) in [7, 11) is 0. The number of aliphatic imine (C=N–C) groups is 1. The largest absolute Gasteiger partial charge is 0.490 e. The lowest BCUT2D eigenvalue weighted by atomic mass is 9.89. The molecule has 0 aliphatic carbocycles. The van der Waals surface area contributed by atoms with Crippen molar-refractivity contribution in [3.05, 3.63) is 83.4 Å². The van der Waals surface area contributed by atoms with Crippen LogP contribution in [0, 0.1) is 0 Å². The third-order valence-corrected chi connectivity index (χ3v) is 5.61. The minimum absolute atomic E-state index is 0.0954. The fourth-order valence-corrected chi connectivity index (χ4v) is 3.93. The number of amides is 1. The summed E-state index contributed by atoms with van der Waals surface area (Å²) in [4.78, 5) is 16.1. The molecule has 10 heteroatoms. The van der Waals surface area contributed by atoms with E-state index in [0.717, 1.165) is 23.5 Å². The second kappa shape index (κ2) is 10.7. The second-order valence-electron chi connectivity index (χ2n) is 8.09. The van der Waals surface area contributed by atoms with E-state index in [-0.39, 0.29) is 41.9 Å². The van der Waals surface area contributed by atoms with Gasteiger partial charge in [0, 0.05) is 23.5 Å². The van der Waals surface area contributed by atoms with Crippen molar-refractivity contribution in [2.24, 2.45) is 4.99 Å². The lowest BCUT2D eigenvalue weighted by Gasteiger charge is -2.19. The fourth-order valence-electron chi connectivity index (χ4n) is 3.93. The van der Waals surface area contributed by atoms with E-state index in [0.29, 0.717) is 24.5 Å². The molecule has 1 amide bonds. The molecule has 1 atom stereocenters. The number of alkyl halides is 3. The topological polar surface area (TPSA) is 85.8 Å². The summed E-state index contributed by atoms with van der Waals surface area (Å²) < 4.78 is 57.5. The molecule has 0 spiro atoms. The number of rotatable bonds is 9. The third-order valence-electron chi connectivity index (χ3n) is 5.61. The number of nitrogens with one attached hydrogen (secondary N) is 1. The zero-order valence-electron chi connectivity index (χ0n) is 19.5. The molecular weight excluding hydrogens is 475 g/mol. The predicted molar refractivity (Wildman–Crippen MR) is 126 cm³/mol. The summed E-state index contributed by atoms with van der Waals surface area (Å²) in [6.07, 6.45) is 0.536. The maximum Gasteiger partial charge on any atom is 0.416 e. The average Bonchev–Trinajstić information content (AvgIpc) is 3.25. The number of carbonyl (C=O) groups excluding carboxylic acids is 1. The van der Waals surface area contributed by atoms with Gasteiger partial charge in [0.2, 0.25) is 5.91 Å². The Morgan fingerprint density at radius 1 is 1.17 bits per heavy atom. The van der Waals surface area contributed by atoms with Crippen molar-refractivity contribution in [3.63, 3.8) is 0 Å². The van der Waals surface area contributed by atoms with E-state index in [2.05, 4.69) is 21.8 Å². The number of fused-ring (bicyclic) bond motifs is 1. The van der Waals surface area contributed by atoms with Crippen molar-refractivity contribution >= 4 is 12.1 Å². The monoisotopic (exact) mass is 499 g/mol. The number of carbonyl (C=O) groups is 1. The van der Waals surface area contributed by atoms with Gasteiger partial charge in [-0.3, -0.25) is 9.89 Å². The first-order valence-electron chi connectivity index (χ1n) is 11.3. The first-order chi connectivity index (χ1) is 17.3. The first kappa shape index (κ1) is 25.0. The number of benzene rings is 2. The molecule has 1 unspecified atom stereocenters. The minimum Gasteiger partial charge on any atom is -0.490 e. The summed E-state index contributed by atoms with van der Waals surface area (Å²) in [6, 6.07) is 8.57. The van der Waals surface area contributed by atoms with Gasteiger partial charge in [0.05, 0.1) is 36.5 Å². The highest BCUT2D eigenvalue weighted by molar-refractivity contribution is 5.94. The van der Waals surface area contributed by atoms with E-state index in [1.807, 2.05) is 6.92 Å². The lowest BCUT2D eigenvalue weighted by molar-refractivity contribution is -0.138. The Morgan fingerprint density at radius 3 is 2.75 bits per heavy atom. The highest BCUT2D eigenvalue weighted by Crippen LogP contribution is 2.39. The molecule has 1 N–H and O–H groups in total. The number of aromatic amines is 1. The second-order valence-corrected chi connectivity index (χ2v) is 8.09. The number of hydrogen-bond donors (Lipinski definition) is 1. The molecule has 2 aromatic carbocycles. The minimum atomic E-state index is -4.56. The van der Waals surface area contributed by atoms with Crippen LogP contribution in [0.25, 0.3) is 0 Å². The van der Waals surface area contributed by atoms with Gasteiger partial charge in [0.15, 0.2) is 11.5 Å². The molecule has 3 aromatic rings. The van der Waals surface area contributed by atoms with Gasteiger partial charge in [-0.15, -0.1) is 0 Å². The van der Waals surface area contributed by atoms with Gasteiger partial charge in [-0.2, -0.15) is 18.3 Å². The van der Waals surface area contributed by atoms with Crippen molar-refractivity contribution in [3.8, 4) is 17.2 Å². The van der Waals surface area contributed by atoms with Crippen LogP contribution in [0.4, 0.5) is 13.2 Å². The van der Waals surface area contributed by atoms with E-state index < -0.39 is 11.7 Å². The molecule has 2 heterocycles. The van der Waals surface area contributed by atoms with Gasteiger partial charge in [0.1, 0.15) is 12.4 Å². The maximum absolute atomic E-state index is 13.6. The van der Waals surface area contributed by atoms with Crippen LogP contribution in [0.5, 0.6) is 17.2 Å². The van der Waals surface area contributed by atoms with Gasteiger partial charge >= 0.3 is 6.18 Å². The molecule has 36 heavy (non-hydrogen) atoms. The van der Waals surface area contributed by atoms with Crippen LogP contribution in [-0.2, 0) is 17.6 Å². The molecule has 1 aliphatic rings. The summed E-state index contributed by atoms with van der Waals surface area (Å²) in [5.41, 5.74) is 1.31. The van der Waals surface area contributed by atoms with Crippen LogP contribution < -0.4 is 14.2 Å². The molecule has 0 saturated carbocycles. The van der Waals surface area contributed by atoms with Crippen LogP contribution in [0.2, 0.25) is 0 Å². The van der Waals surface area contributed by atoms with Crippen molar-refractivity contribution in [2.45, 2.75) is 38.5 Å². The number of H-pyrrole nitrogens is 1. The maximum atomic E-state index is 13.6. The number of hydrogen-bond acceptors (Lipinski definition) is 5.